The van der Waals surface area contributed by atoms with E-state index < -0.39 is 0 Å². The summed E-state index contributed by atoms with van der Waals surface area (Å²) in [7, 11) is 0. The normalized spacial score (nSPS) is 19.8. The maximum Gasteiger partial charge on any atom is 0.123 e. The number of halogens is 2. The monoisotopic (exact) mass is 447 g/mol. The number of fused-ring (bicyclic) bond motifs is 2. The number of piperidine rings is 1. The van der Waals surface area contributed by atoms with Crippen LogP contribution in [0.25, 0.3) is 0 Å². The highest BCUT2D eigenvalue weighted by molar-refractivity contribution is 5.38. The van der Waals surface area contributed by atoms with Gasteiger partial charge >= 0.3 is 0 Å². The molecule has 0 N–H and O–H groups in total. The Labute approximate surface area is 195 Å². The zero-order chi connectivity index (χ0) is 22.8. The van der Waals surface area contributed by atoms with Crippen molar-refractivity contribution in [2.45, 2.75) is 50.2 Å². The largest absolute Gasteiger partial charge is 0.363 e. The summed E-state index contributed by atoms with van der Waals surface area (Å²) in [5, 5.41) is 0. The number of likely N-dealkylation sites (tertiary alicyclic amines) is 1. The van der Waals surface area contributed by atoms with Gasteiger partial charge in [-0.25, -0.2) is 8.78 Å². The van der Waals surface area contributed by atoms with Crippen LogP contribution in [-0.2, 0) is 10.3 Å². The maximum absolute atomic E-state index is 13.5. The van der Waals surface area contributed by atoms with E-state index in [9.17, 15) is 8.78 Å². The summed E-state index contributed by atoms with van der Waals surface area (Å²) in [6.45, 7) is 5.23. The molecule has 0 aliphatic carbocycles. The topological polar surface area (TPSA) is 12.5 Å². The van der Waals surface area contributed by atoms with Crippen LogP contribution in [0.4, 0.5) is 8.78 Å². The summed E-state index contributed by atoms with van der Waals surface area (Å²) in [4.78, 5) is 2.53. The van der Waals surface area contributed by atoms with Crippen molar-refractivity contribution in [3.63, 3.8) is 0 Å². The number of benzene rings is 3. The van der Waals surface area contributed by atoms with Crippen LogP contribution in [0.2, 0.25) is 0 Å². The quantitative estimate of drug-likeness (QED) is 0.405. The lowest BCUT2D eigenvalue weighted by Crippen LogP contribution is -2.43. The minimum Gasteiger partial charge on any atom is -0.363 e. The summed E-state index contributed by atoms with van der Waals surface area (Å²) < 4.78 is 33.5. The summed E-state index contributed by atoms with van der Waals surface area (Å²) in [5.74, 6) is -0.332. The SMILES string of the molecule is CC1OC2(CCN(CCCC(c3ccc(F)cc3)c3ccc(F)cc3)CC2)c2ccccc21. The molecular formula is C29H31F2NO. The molecule has 33 heavy (non-hydrogen) atoms. The Kier molecular flexibility index (Phi) is 6.31. The molecule has 0 bridgehead atoms. The maximum atomic E-state index is 13.5. The van der Waals surface area contributed by atoms with Gasteiger partial charge in [0.1, 0.15) is 11.6 Å². The Morgan fingerprint density at radius 1 is 0.879 bits per heavy atom. The highest BCUT2D eigenvalue weighted by Gasteiger charge is 2.45. The van der Waals surface area contributed by atoms with Gasteiger partial charge < -0.3 is 9.64 Å². The number of hydrogen-bond acceptors (Lipinski definition) is 2. The number of ether oxygens (including phenoxy) is 1. The fraction of sp³-hybridized carbons (Fsp3) is 0.379. The van der Waals surface area contributed by atoms with E-state index >= 15 is 0 Å². The third kappa shape index (κ3) is 4.60. The van der Waals surface area contributed by atoms with Crippen LogP contribution in [0, 0.1) is 11.6 Å². The Hall–Kier alpha value is -2.56. The molecule has 1 fully saturated rings. The summed E-state index contributed by atoms with van der Waals surface area (Å²) >= 11 is 0. The molecule has 1 unspecified atom stereocenters. The second-order valence-corrected chi connectivity index (χ2v) is 9.48. The van der Waals surface area contributed by atoms with Gasteiger partial charge in [-0.3, -0.25) is 0 Å². The first-order valence-corrected chi connectivity index (χ1v) is 12.0. The highest BCUT2D eigenvalue weighted by atomic mass is 19.1. The Bertz CT molecular complexity index is 1030. The van der Waals surface area contributed by atoms with Gasteiger partial charge in [0.25, 0.3) is 0 Å². The van der Waals surface area contributed by atoms with Crippen molar-refractivity contribution < 1.29 is 13.5 Å². The molecule has 5 rings (SSSR count). The zero-order valence-corrected chi connectivity index (χ0v) is 19.1. The van der Waals surface area contributed by atoms with E-state index in [0.29, 0.717) is 0 Å². The van der Waals surface area contributed by atoms with Crippen LogP contribution in [0.5, 0.6) is 0 Å². The molecule has 2 heterocycles. The van der Waals surface area contributed by atoms with E-state index in [2.05, 4.69) is 36.1 Å². The smallest absolute Gasteiger partial charge is 0.123 e. The molecule has 172 valence electrons. The van der Waals surface area contributed by atoms with E-state index in [-0.39, 0.29) is 29.3 Å². The van der Waals surface area contributed by atoms with E-state index in [1.807, 2.05) is 24.3 Å². The van der Waals surface area contributed by atoms with Gasteiger partial charge in [0.05, 0.1) is 11.7 Å². The summed E-state index contributed by atoms with van der Waals surface area (Å²) in [6, 6.07) is 22.1. The average molecular weight is 448 g/mol. The lowest BCUT2D eigenvalue weighted by atomic mass is 9.83. The van der Waals surface area contributed by atoms with Crippen LogP contribution < -0.4 is 0 Å². The predicted octanol–water partition coefficient (Wildman–Crippen LogP) is 6.96. The van der Waals surface area contributed by atoms with Crippen LogP contribution in [0.1, 0.15) is 66.9 Å². The molecule has 3 aromatic carbocycles. The first kappa shape index (κ1) is 22.2. The molecule has 0 radical (unpaired) electrons. The van der Waals surface area contributed by atoms with Crippen molar-refractivity contribution in [2.75, 3.05) is 19.6 Å². The van der Waals surface area contributed by atoms with Crippen LogP contribution >= 0.6 is 0 Å². The van der Waals surface area contributed by atoms with Crippen molar-refractivity contribution in [3.05, 3.63) is 107 Å². The Morgan fingerprint density at radius 3 is 2.06 bits per heavy atom. The van der Waals surface area contributed by atoms with Crippen molar-refractivity contribution in [1.29, 1.82) is 0 Å². The lowest BCUT2D eigenvalue weighted by Gasteiger charge is -2.39. The van der Waals surface area contributed by atoms with Crippen LogP contribution in [0.15, 0.2) is 72.8 Å². The zero-order valence-electron chi connectivity index (χ0n) is 19.1. The summed E-state index contributed by atoms with van der Waals surface area (Å²) in [5.41, 5.74) is 4.74. The molecule has 2 aliphatic rings. The molecular weight excluding hydrogens is 416 g/mol. The van der Waals surface area contributed by atoms with E-state index in [4.69, 9.17) is 4.74 Å². The fourth-order valence-electron chi connectivity index (χ4n) is 5.69. The van der Waals surface area contributed by atoms with Crippen molar-refractivity contribution in [2.24, 2.45) is 0 Å². The summed E-state index contributed by atoms with van der Waals surface area (Å²) in [6.07, 6.45) is 4.18. The third-order valence-corrected chi connectivity index (χ3v) is 7.47. The predicted molar refractivity (Wildman–Crippen MR) is 127 cm³/mol. The highest BCUT2D eigenvalue weighted by Crippen LogP contribution is 2.49. The molecule has 0 saturated carbocycles. The van der Waals surface area contributed by atoms with E-state index in [1.54, 1.807) is 0 Å². The molecule has 1 spiro atoms. The van der Waals surface area contributed by atoms with Gasteiger partial charge in [-0.15, -0.1) is 0 Å². The Balaban J connectivity index is 1.21. The Morgan fingerprint density at radius 2 is 1.45 bits per heavy atom. The van der Waals surface area contributed by atoms with Gasteiger partial charge in [-0.05, 0) is 85.7 Å². The fourth-order valence-corrected chi connectivity index (χ4v) is 5.69. The number of hydrogen-bond donors (Lipinski definition) is 0. The molecule has 4 heteroatoms. The molecule has 2 nitrogen and oxygen atoms in total. The second kappa shape index (κ2) is 9.36. The molecule has 2 aliphatic heterocycles. The van der Waals surface area contributed by atoms with Gasteiger partial charge in [-0.2, -0.15) is 0 Å². The molecule has 1 saturated heterocycles. The first-order chi connectivity index (χ1) is 16.0. The molecule has 0 aromatic heterocycles. The van der Waals surface area contributed by atoms with Crippen LogP contribution in [0.3, 0.4) is 0 Å². The van der Waals surface area contributed by atoms with E-state index in [0.717, 1.165) is 56.4 Å². The van der Waals surface area contributed by atoms with Crippen LogP contribution in [-0.4, -0.2) is 24.5 Å². The van der Waals surface area contributed by atoms with Gasteiger partial charge in [0.15, 0.2) is 0 Å². The molecule has 3 aromatic rings. The third-order valence-electron chi connectivity index (χ3n) is 7.47. The van der Waals surface area contributed by atoms with Gasteiger partial charge in [0, 0.05) is 19.0 Å². The van der Waals surface area contributed by atoms with Crippen molar-refractivity contribution >= 4 is 0 Å². The van der Waals surface area contributed by atoms with E-state index in [1.165, 1.54) is 35.4 Å². The standard InChI is InChI=1S/C29H31F2NO/c1-21-26-5-2-3-7-28(26)29(33-21)16-19-32(20-17-29)18-4-6-27(22-8-12-24(30)13-9-22)23-10-14-25(31)15-11-23/h2-3,5,7-15,21,27H,4,6,16-20H2,1H3. The minimum absolute atomic E-state index is 0.128. The van der Waals surface area contributed by atoms with Gasteiger partial charge in [0.2, 0.25) is 0 Å². The molecule has 1 atom stereocenters. The van der Waals surface area contributed by atoms with Crippen molar-refractivity contribution in [3.8, 4) is 0 Å². The first-order valence-electron chi connectivity index (χ1n) is 12.0. The second-order valence-electron chi connectivity index (χ2n) is 9.48. The number of rotatable bonds is 6. The number of nitrogens with zero attached hydrogens (tertiary/aromatic N) is 1. The molecule has 0 amide bonds. The minimum atomic E-state index is -0.233. The average Bonchev–Trinajstić information content (AvgIpc) is 3.11. The lowest BCUT2D eigenvalue weighted by molar-refractivity contribution is -0.104. The van der Waals surface area contributed by atoms with Crippen molar-refractivity contribution in [1.82, 2.24) is 4.90 Å². The van der Waals surface area contributed by atoms with Gasteiger partial charge in [-0.1, -0.05) is 48.5 Å².